The number of rotatable bonds is 2. The Morgan fingerprint density at radius 1 is 1.36 bits per heavy atom. The smallest absolute Gasteiger partial charge is 0.0295 e. The van der Waals surface area contributed by atoms with Crippen LogP contribution < -0.4 is 0 Å². The molecule has 1 rings (SSSR count). The van der Waals surface area contributed by atoms with Gasteiger partial charge in [0.1, 0.15) is 0 Å². The fourth-order valence-electron chi connectivity index (χ4n) is 2.88. The Morgan fingerprint density at radius 2 is 1.91 bits per heavy atom. The maximum absolute atomic E-state index is 2.44. The average Bonchev–Trinajstić information content (AvgIpc) is 1.85. The largest absolute Gasteiger partial charge is 0.0651 e. The molecule has 0 heterocycles. The number of hydrogen-bond acceptors (Lipinski definition) is 0. The van der Waals surface area contributed by atoms with Crippen molar-refractivity contribution < 1.29 is 0 Å². The molecule has 0 nitrogen and oxygen atoms in total. The summed E-state index contributed by atoms with van der Waals surface area (Å²) in [6.45, 7) is 11.9. The molecule has 11 heavy (non-hydrogen) atoms. The molecule has 0 bridgehead atoms. The number of hydrogen-bond donors (Lipinski definition) is 0. The van der Waals surface area contributed by atoms with Crippen molar-refractivity contribution in [2.45, 2.75) is 47.5 Å². The predicted molar refractivity (Wildman–Crippen MR) is 50.5 cm³/mol. The first-order valence-corrected chi connectivity index (χ1v) is 5.00. The van der Waals surface area contributed by atoms with Crippen molar-refractivity contribution in [3.63, 3.8) is 0 Å². The summed E-state index contributed by atoms with van der Waals surface area (Å²) in [5, 5.41) is 0. The van der Waals surface area contributed by atoms with Crippen molar-refractivity contribution in [2.75, 3.05) is 0 Å². The van der Waals surface area contributed by atoms with Gasteiger partial charge in [0.25, 0.3) is 0 Å². The summed E-state index contributed by atoms with van der Waals surface area (Å²) in [5.74, 6) is 2.86. The zero-order valence-corrected chi connectivity index (χ0v) is 8.65. The third-order valence-corrected chi connectivity index (χ3v) is 3.84. The van der Waals surface area contributed by atoms with E-state index in [4.69, 9.17) is 0 Å². The Kier molecular flexibility index (Phi) is 2.32. The van der Waals surface area contributed by atoms with Gasteiger partial charge < -0.3 is 0 Å². The second-order valence-electron chi connectivity index (χ2n) is 5.01. The molecule has 0 aromatic rings. The van der Waals surface area contributed by atoms with Gasteiger partial charge in [0, 0.05) is 0 Å². The third kappa shape index (κ3) is 1.32. The van der Waals surface area contributed by atoms with Crippen LogP contribution >= 0.6 is 0 Å². The molecule has 0 heteroatoms. The van der Waals surface area contributed by atoms with E-state index in [-0.39, 0.29) is 0 Å². The van der Waals surface area contributed by atoms with Gasteiger partial charge in [-0.3, -0.25) is 0 Å². The monoisotopic (exact) mass is 154 g/mol. The van der Waals surface area contributed by atoms with Gasteiger partial charge in [0.2, 0.25) is 0 Å². The first kappa shape index (κ1) is 9.09. The van der Waals surface area contributed by atoms with Gasteiger partial charge in [-0.15, -0.1) is 0 Å². The molecule has 0 radical (unpaired) electrons. The van der Waals surface area contributed by atoms with Gasteiger partial charge >= 0.3 is 0 Å². The van der Waals surface area contributed by atoms with Crippen LogP contribution in [0.15, 0.2) is 0 Å². The van der Waals surface area contributed by atoms with Crippen LogP contribution in [0.1, 0.15) is 47.5 Å². The molecule has 1 fully saturated rings. The summed E-state index contributed by atoms with van der Waals surface area (Å²) < 4.78 is 0. The molecule has 0 spiro atoms. The van der Waals surface area contributed by atoms with Crippen molar-refractivity contribution >= 4 is 0 Å². The van der Waals surface area contributed by atoms with Crippen molar-refractivity contribution in [3.05, 3.63) is 0 Å². The average molecular weight is 154 g/mol. The van der Waals surface area contributed by atoms with Crippen molar-refractivity contribution in [1.82, 2.24) is 0 Å². The zero-order valence-electron chi connectivity index (χ0n) is 8.65. The molecule has 66 valence electrons. The second kappa shape index (κ2) is 2.80. The lowest BCUT2D eigenvalue weighted by Crippen LogP contribution is -2.46. The molecule has 0 aliphatic heterocycles. The van der Waals surface area contributed by atoms with Gasteiger partial charge in [-0.25, -0.2) is 0 Å². The quantitative estimate of drug-likeness (QED) is 0.568. The van der Waals surface area contributed by atoms with Gasteiger partial charge in [0.05, 0.1) is 0 Å². The minimum absolute atomic E-state index is 0.628. The lowest BCUT2D eigenvalue weighted by atomic mass is 9.51. The van der Waals surface area contributed by atoms with E-state index in [1.165, 1.54) is 12.8 Å². The summed E-state index contributed by atoms with van der Waals surface area (Å²) in [7, 11) is 0. The van der Waals surface area contributed by atoms with E-state index in [0.29, 0.717) is 5.41 Å². The van der Waals surface area contributed by atoms with Gasteiger partial charge in [-0.2, -0.15) is 0 Å². The molecule has 1 aliphatic rings. The van der Waals surface area contributed by atoms with Crippen LogP contribution in [0.3, 0.4) is 0 Å². The lowest BCUT2D eigenvalue weighted by Gasteiger charge is -2.54. The SMILES string of the molecule is CCC1CC(C(C)C)C1(C)C. The van der Waals surface area contributed by atoms with Crippen molar-refractivity contribution in [1.29, 1.82) is 0 Å². The first-order chi connectivity index (χ1) is 5.00. The summed E-state index contributed by atoms with van der Waals surface area (Å²) in [6, 6.07) is 0. The van der Waals surface area contributed by atoms with E-state index >= 15 is 0 Å². The summed E-state index contributed by atoms with van der Waals surface area (Å²) in [6.07, 6.45) is 2.84. The van der Waals surface area contributed by atoms with Crippen LogP contribution in [0.2, 0.25) is 0 Å². The Bertz CT molecular complexity index is 133. The molecule has 0 N–H and O–H groups in total. The molecule has 2 unspecified atom stereocenters. The predicted octanol–water partition coefficient (Wildman–Crippen LogP) is 3.71. The highest BCUT2D eigenvalue weighted by atomic mass is 14.5. The Labute approximate surface area is 71.4 Å². The minimum Gasteiger partial charge on any atom is -0.0651 e. The molecule has 0 aromatic carbocycles. The van der Waals surface area contributed by atoms with Gasteiger partial charge in [0.15, 0.2) is 0 Å². The maximum atomic E-state index is 2.44. The summed E-state index contributed by atoms with van der Waals surface area (Å²) in [5.41, 5.74) is 0.628. The minimum atomic E-state index is 0.628. The zero-order chi connectivity index (χ0) is 8.65. The second-order valence-corrected chi connectivity index (χ2v) is 5.01. The molecule has 2 atom stereocenters. The van der Waals surface area contributed by atoms with E-state index in [1.807, 2.05) is 0 Å². The summed E-state index contributed by atoms with van der Waals surface area (Å²) >= 11 is 0. The fraction of sp³-hybridized carbons (Fsp3) is 1.00. The standard InChI is InChI=1S/C11H22/c1-6-9-7-10(8(2)3)11(9,4)5/h8-10H,6-7H2,1-5H3. The van der Waals surface area contributed by atoms with E-state index in [1.54, 1.807) is 0 Å². The highest BCUT2D eigenvalue weighted by Crippen LogP contribution is 2.55. The Morgan fingerprint density at radius 3 is 2.18 bits per heavy atom. The molecule has 1 aliphatic carbocycles. The highest BCUT2D eigenvalue weighted by Gasteiger charge is 2.47. The normalized spacial score (nSPS) is 35.5. The first-order valence-electron chi connectivity index (χ1n) is 5.00. The molecule has 0 aromatic heterocycles. The summed E-state index contributed by atoms with van der Waals surface area (Å²) in [4.78, 5) is 0. The van der Waals surface area contributed by atoms with Crippen molar-refractivity contribution in [2.24, 2.45) is 23.2 Å². The molecular formula is C11H22. The molecule has 0 amide bonds. The van der Waals surface area contributed by atoms with E-state index in [2.05, 4.69) is 34.6 Å². The van der Waals surface area contributed by atoms with E-state index < -0.39 is 0 Å². The molecular weight excluding hydrogens is 132 g/mol. The topological polar surface area (TPSA) is 0 Å². The van der Waals surface area contributed by atoms with Crippen LogP contribution in [0.25, 0.3) is 0 Å². The Balaban J connectivity index is 2.54. The van der Waals surface area contributed by atoms with Crippen LogP contribution in [-0.2, 0) is 0 Å². The van der Waals surface area contributed by atoms with Crippen LogP contribution in [0.5, 0.6) is 0 Å². The third-order valence-electron chi connectivity index (χ3n) is 3.84. The molecule has 0 saturated heterocycles. The van der Waals surface area contributed by atoms with E-state index in [0.717, 1.165) is 17.8 Å². The van der Waals surface area contributed by atoms with Gasteiger partial charge in [-0.1, -0.05) is 41.0 Å². The fourth-order valence-corrected chi connectivity index (χ4v) is 2.88. The molecule has 1 saturated carbocycles. The maximum Gasteiger partial charge on any atom is -0.0295 e. The van der Waals surface area contributed by atoms with Crippen LogP contribution in [-0.4, -0.2) is 0 Å². The van der Waals surface area contributed by atoms with Gasteiger partial charge in [-0.05, 0) is 29.6 Å². The van der Waals surface area contributed by atoms with Crippen molar-refractivity contribution in [3.8, 4) is 0 Å². The van der Waals surface area contributed by atoms with E-state index in [9.17, 15) is 0 Å². The Hall–Kier alpha value is 0. The van der Waals surface area contributed by atoms with Crippen LogP contribution in [0, 0.1) is 23.2 Å². The lowest BCUT2D eigenvalue weighted by molar-refractivity contribution is -0.0503. The highest BCUT2D eigenvalue weighted by molar-refractivity contribution is 4.96. The van der Waals surface area contributed by atoms with Crippen LogP contribution in [0.4, 0.5) is 0 Å².